The molecule has 0 aliphatic rings. The minimum Gasteiger partial charge on any atom is -0.483 e. The van der Waals surface area contributed by atoms with Gasteiger partial charge in [0.15, 0.2) is 6.61 Å². The summed E-state index contributed by atoms with van der Waals surface area (Å²) < 4.78 is 33.2. The Morgan fingerprint density at radius 2 is 1.43 bits per heavy atom. The molecule has 3 aromatic rings. The number of ether oxygens (including phenoxy) is 1. The molecule has 0 bridgehead atoms. The van der Waals surface area contributed by atoms with Gasteiger partial charge in [0.05, 0.1) is 4.90 Å². The van der Waals surface area contributed by atoms with Crippen molar-refractivity contribution in [3.05, 3.63) is 83.4 Å². The second-order valence-corrected chi connectivity index (χ2v) is 8.78. The van der Waals surface area contributed by atoms with Crippen LogP contribution in [-0.2, 0) is 14.8 Å². The number of hydrogen-bond donors (Lipinski definition) is 2. The Labute approximate surface area is 177 Å². The second-order valence-electron chi connectivity index (χ2n) is 7.10. The number of nitrogens with one attached hydrogen (secondary N) is 2. The fraction of sp³-hybridized carbons (Fsp3) is 0.174. The van der Waals surface area contributed by atoms with Crippen LogP contribution < -0.4 is 14.8 Å². The third kappa shape index (κ3) is 5.61. The topological polar surface area (TPSA) is 84.5 Å². The summed E-state index contributed by atoms with van der Waals surface area (Å²) in [6, 6.07) is 18.8. The highest BCUT2D eigenvalue weighted by molar-refractivity contribution is 7.92. The second kappa shape index (κ2) is 9.00. The summed E-state index contributed by atoms with van der Waals surface area (Å²) in [6.45, 7) is 5.66. The Kier molecular flexibility index (Phi) is 6.42. The molecule has 0 aromatic heterocycles. The molecule has 0 radical (unpaired) electrons. The molecule has 1 amide bonds. The highest BCUT2D eigenvalue weighted by atomic mass is 32.2. The van der Waals surface area contributed by atoms with Crippen molar-refractivity contribution in [3.8, 4) is 5.75 Å². The van der Waals surface area contributed by atoms with Gasteiger partial charge < -0.3 is 10.1 Å². The molecule has 2 N–H and O–H groups in total. The van der Waals surface area contributed by atoms with Crippen molar-refractivity contribution in [1.29, 1.82) is 0 Å². The van der Waals surface area contributed by atoms with Crippen molar-refractivity contribution in [2.75, 3.05) is 16.6 Å². The van der Waals surface area contributed by atoms with Gasteiger partial charge >= 0.3 is 0 Å². The fourth-order valence-corrected chi connectivity index (χ4v) is 3.81. The normalized spacial score (nSPS) is 11.0. The number of rotatable bonds is 7. The highest BCUT2D eigenvalue weighted by Crippen LogP contribution is 2.20. The number of carbonyl (C=O) groups is 1. The van der Waals surface area contributed by atoms with E-state index >= 15 is 0 Å². The van der Waals surface area contributed by atoms with E-state index in [0.717, 1.165) is 16.7 Å². The van der Waals surface area contributed by atoms with Crippen LogP contribution in [0.15, 0.2) is 71.6 Å². The summed E-state index contributed by atoms with van der Waals surface area (Å²) in [7, 11) is -3.71. The lowest BCUT2D eigenvalue weighted by atomic mass is 10.1. The molecule has 3 rings (SSSR count). The first kappa shape index (κ1) is 21.4. The zero-order chi connectivity index (χ0) is 21.7. The van der Waals surface area contributed by atoms with Crippen molar-refractivity contribution >= 4 is 27.3 Å². The van der Waals surface area contributed by atoms with Gasteiger partial charge in [-0.15, -0.1) is 0 Å². The minimum absolute atomic E-state index is 0.104. The van der Waals surface area contributed by atoms with E-state index in [0.29, 0.717) is 17.1 Å². The third-order valence-corrected chi connectivity index (χ3v) is 5.85. The molecule has 0 heterocycles. The number of hydrogen-bond acceptors (Lipinski definition) is 4. The first-order chi connectivity index (χ1) is 14.2. The molecule has 3 aromatic carbocycles. The molecule has 7 heteroatoms. The van der Waals surface area contributed by atoms with Crippen molar-refractivity contribution in [3.63, 3.8) is 0 Å². The van der Waals surface area contributed by atoms with Gasteiger partial charge in [0.2, 0.25) is 0 Å². The number of sulfonamides is 1. The molecule has 30 heavy (non-hydrogen) atoms. The molecular formula is C23H24N2O4S. The van der Waals surface area contributed by atoms with Crippen molar-refractivity contribution in [1.82, 2.24) is 0 Å². The van der Waals surface area contributed by atoms with Gasteiger partial charge in [0.25, 0.3) is 15.9 Å². The molecular weight excluding hydrogens is 400 g/mol. The average molecular weight is 425 g/mol. The first-order valence-electron chi connectivity index (χ1n) is 9.42. The van der Waals surface area contributed by atoms with Crippen LogP contribution in [0.5, 0.6) is 5.75 Å². The van der Waals surface area contributed by atoms with E-state index in [1.54, 1.807) is 24.3 Å². The predicted molar refractivity (Wildman–Crippen MR) is 118 cm³/mol. The van der Waals surface area contributed by atoms with Crippen LogP contribution in [0, 0.1) is 20.8 Å². The Bertz CT molecular complexity index is 1140. The van der Waals surface area contributed by atoms with Crippen LogP contribution in [0.25, 0.3) is 0 Å². The quantitative estimate of drug-likeness (QED) is 0.588. The largest absolute Gasteiger partial charge is 0.483 e. The van der Waals surface area contributed by atoms with Crippen LogP contribution >= 0.6 is 0 Å². The molecule has 0 aliphatic heterocycles. The van der Waals surface area contributed by atoms with E-state index < -0.39 is 10.0 Å². The standard InChI is InChI=1S/C23H24N2O4S/c1-16-5-8-20(9-6-16)25-30(27,28)21-12-10-19(11-13-21)24-23(26)15-29-22-14-17(2)4-7-18(22)3/h4-14,25H,15H2,1-3H3,(H,24,26). The maximum atomic E-state index is 12.5. The lowest BCUT2D eigenvalue weighted by Gasteiger charge is -2.11. The van der Waals surface area contributed by atoms with E-state index in [9.17, 15) is 13.2 Å². The number of aryl methyl sites for hydroxylation is 3. The van der Waals surface area contributed by atoms with E-state index in [4.69, 9.17) is 4.74 Å². The fourth-order valence-electron chi connectivity index (χ4n) is 2.76. The van der Waals surface area contributed by atoms with Gasteiger partial charge in [-0.1, -0.05) is 29.8 Å². The smallest absolute Gasteiger partial charge is 0.262 e. The number of benzene rings is 3. The van der Waals surface area contributed by atoms with Crippen molar-refractivity contribution in [2.24, 2.45) is 0 Å². The maximum absolute atomic E-state index is 12.5. The van der Waals surface area contributed by atoms with Gasteiger partial charge in [-0.05, 0) is 74.4 Å². The van der Waals surface area contributed by atoms with Crippen LogP contribution in [0.3, 0.4) is 0 Å². The molecule has 0 fully saturated rings. The lowest BCUT2D eigenvalue weighted by Crippen LogP contribution is -2.20. The van der Waals surface area contributed by atoms with Crippen LogP contribution in [0.2, 0.25) is 0 Å². The molecule has 0 unspecified atom stereocenters. The molecule has 0 aliphatic carbocycles. The van der Waals surface area contributed by atoms with E-state index in [-0.39, 0.29) is 17.4 Å². The van der Waals surface area contributed by atoms with Crippen molar-refractivity contribution in [2.45, 2.75) is 25.7 Å². The molecule has 6 nitrogen and oxygen atoms in total. The Balaban J connectivity index is 1.60. The molecule has 156 valence electrons. The first-order valence-corrected chi connectivity index (χ1v) is 10.9. The number of anilines is 2. The predicted octanol–water partition coefficient (Wildman–Crippen LogP) is 4.43. The monoisotopic (exact) mass is 424 g/mol. The third-order valence-electron chi connectivity index (χ3n) is 4.45. The van der Waals surface area contributed by atoms with Crippen LogP contribution in [-0.4, -0.2) is 20.9 Å². The highest BCUT2D eigenvalue weighted by Gasteiger charge is 2.14. The minimum atomic E-state index is -3.71. The summed E-state index contributed by atoms with van der Waals surface area (Å²) >= 11 is 0. The Morgan fingerprint density at radius 1 is 0.833 bits per heavy atom. The van der Waals surface area contributed by atoms with E-state index in [1.807, 2.05) is 51.1 Å². The average Bonchev–Trinajstić information content (AvgIpc) is 2.71. The van der Waals surface area contributed by atoms with Gasteiger partial charge in [0, 0.05) is 11.4 Å². The van der Waals surface area contributed by atoms with Crippen LogP contribution in [0.1, 0.15) is 16.7 Å². The molecule has 0 spiro atoms. The Morgan fingerprint density at radius 3 is 2.10 bits per heavy atom. The molecule has 0 atom stereocenters. The SMILES string of the molecule is Cc1ccc(NS(=O)(=O)c2ccc(NC(=O)COc3cc(C)ccc3C)cc2)cc1. The van der Waals surface area contributed by atoms with Gasteiger partial charge in [-0.25, -0.2) is 8.42 Å². The summed E-state index contributed by atoms with van der Waals surface area (Å²) in [5.41, 5.74) is 4.01. The summed E-state index contributed by atoms with van der Waals surface area (Å²) in [5, 5.41) is 2.70. The Hall–Kier alpha value is -3.32. The van der Waals surface area contributed by atoms with E-state index in [2.05, 4.69) is 10.0 Å². The summed E-state index contributed by atoms with van der Waals surface area (Å²) in [5.74, 6) is 0.332. The van der Waals surface area contributed by atoms with Crippen LogP contribution in [0.4, 0.5) is 11.4 Å². The summed E-state index contributed by atoms with van der Waals surface area (Å²) in [6.07, 6.45) is 0. The van der Waals surface area contributed by atoms with Crippen molar-refractivity contribution < 1.29 is 17.9 Å². The lowest BCUT2D eigenvalue weighted by molar-refractivity contribution is -0.118. The van der Waals surface area contributed by atoms with Gasteiger partial charge in [0.1, 0.15) is 5.75 Å². The van der Waals surface area contributed by atoms with E-state index in [1.165, 1.54) is 12.1 Å². The maximum Gasteiger partial charge on any atom is 0.262 e. The van der Waals surface area contributed by atoms with Gasteiger partial charge in [-0.3, -0.25) is 9.52 Å². The molecule has 0 saturated heterocycles. The number of amides is 1. The zero-order valence-corrected chi connectivity index (χ0v) is 17.9. The summed E-state index contributed by atoms with van der Waals surface area (Å²) in [4.78, 5) is 12.3. The molecule has 0 saturated carbocycles. The number of carbonyl (C=O) groups excluding carboxylic acids is 1. The zero-order valence-electron chi connectivity index (χ0n) is 17.1. The van der Waals surface area contributed by atoms with Gasteiger partial charge in [-0.2, -0.15) is 0 Å².